The van der Waals surface area contributed by atoms with E-state index in [9.17, 15) is 4.79 Å². The maximum Gasteiger partial charge on any atom is 0.170 e. The van der Waals surface area contributed by atoms with Crippen LogP contribution in [0.4, 0.5) is 0 Å². The highest BCUT2D eigenvalue weighted by atomic mass is 16.7. The molecule has 4 nitrogen and oxygen atoms in total. The average molecular weight is 221 g/mol. The SMILES string of the molecule is COC1(OC)CC(C=O)(c2cccnc2)C1. The molecule has 0 aromatic carbocycles. The summed E-state index contributed by atoms with van der Waals surface area (Å²) in [5, 5.41) is 0. The van der Waals surface area contributed by atoms with Crippen molar-refractivity contribution in [1.29, 1.82) is 0 Å². The molecule has 2 rings (SSSR count). The van der Waals surface area contributed by atoms with E-state index in [1.165, 1.54) is 0 Å². The maximum atomic E-state index is 11.3. The van der Waals surface area contributed by atoms with Crippen molar-refractivity contribution in [3.8, 4) is 0 Å². The quantitative estimate of drug-likeness (QED) is 0.568. The molecule has 1 heterocycles. The molecule has 0 saturated heterocycles. The van der Waals surface area contributed by atoms with E-state index in [2.05, 4.69) is 4.98 Å². The molecule has 86 valence electrons. The van der Waals surface area contributed by atoms with Crippen LogP contribution in [0.5, 0.6) is 0 Å². The van der Waals surface area contributed by atoms with Crippen LogP contribution in [-0.4, -0.2) is 31.3 Å². The molecule has 0 spiro atoms. The number of pyridine rings is 1. The zero-order chi connectivity index (χ0) is 11.6. The fraction of sp³-hybridized carbons (Fsp3) is 0.500. The summed E-state index contributed by atoms with van der Waals surface area (Å²) in [6.45, 7) is 0. The lowest BCUT2D eigenvalue weighted by molar-refractivity contribution is -0.272. The van der Waals surface area contributed by atoms with Gasteiger partial charge >= 0.3 is 0 Å². The number of methoxy groups -OCH3 is 2. The smallest absolute Gasteiger partial charge is 0.170 e. The molecule has 0 bridgehead atoms. The third-order valence-electron chi connectivity index (χ3n) is 3.38. The van der Waals surface area contributed by atoms with E-state index in [1.54, 1.807) is 26.6 Å². The van der Waals surface area contributed by atoms with Gasteiger partial charge in [-0.05, 0) is 11.6 Å². The molecule has 4 heteroatoms. The third-order valence-corrected chi connectivity index (χ3v) is 3.38. The Balaban J connectivity index is 2.24. The lowest BCUT2D eigenvalue weighted by atomic mass is 9.62. The number of aldehydes is 1. The van der Waals surface area contributed by atoms with E-state index in [4.69, 9.17) is 9.47 Å². The minimum absolute atomic E-state index is 0.500. The largest absolute Gasteiger partial charge is 0.353 e. The Bertz CT molecular complexity index is 365. The molecule has 0 amide bonds. The van der Waals surface area contributed by atoms with Crippen LogP contribution in [-0.2, 0) is 19.7 Å². The van der Waals surface area contributed by atoms with E-state index in [0.717, 1.165) is 11.8 Å². The second-order valence-electron chi connectivity index (χ2n) is 4.19. The van der Waals surface area contributed by atoms with Gasteiger partial charge in [0, 0.05) is 39.5 Å². The molecule has 1 aromatic heterocycles. The van der Waals surface area contributed by atoms with Crippen molar-refractivity contribution >= 4 is 6.29 Å². The Morgan fingerprint density at radius 3 is 2.50 bits per heavy atom. The van der Waals surface area contributed by atoms with Crippen LogP contribution in [0.1, 0.15) is 18.4 Å². The predicted octanol–water partition coefficient (Wildman–Crippen LogP) is 1.30. The zero-order valence-electron chi connectivity index (χ0n) is 9.47. The molecular weight excluding hydrogens is 206 g/mol. The van der Waals surface area contributed by atoms with Crippen LogP contribution >= 0.6 is 0 Å². The number of rotatable bonds is 4. The second kappa shape index (κ2) is 3.96. The van der Waals surface area contributed by atoms with E-state index in [1.807, 2.05) is 12.1 Å². The number of nitrogens with zero attached hydrogens (tertiary/aromatic N) is 1. The number of hydrogen-bond donors (Lipinski definition) is 0. The molecule has 16 heavy (non-hydrogen) atoms. The van der Waals surface area contributed by atoms with E-state index in [0.29, 0.717) is 12.8 Å². The molecule has 0 unspecified atom stereocenters. The van der Waals surface area contributed by atoms with Gasteiger partial charge in [0.25, 0.3) is 0 Å². The minimum atomic E-state index is -0.614. The number of carbonyl (C=O) groups is 1. The molecule has 0 N–H and O–H groups in total. The molecule has 1 aliphatic carbocycles. The van der Waals surface area contributed by atoms with Crippen molar-refractivity contribution in [3.05, 3.63) is 30.1 Å². The van der Waals surface area contributed by atoms with E-state index < -0.39 is 11.2 Å². The summed E-state index contributed by atoms with van der Waals surface area (Å²) in [5.74, 6) is -0.614. The lowest BCUT2D eigenvalue weighted by Gasteiger charge is -2.51. The molecule has 1 saturated carbocycles. The Morgan fingerprint density at radius 1 is 1.38 bits per heavy atom. The minimum Gasteiger partial charge on any atom is -0.353 e. The summed E-state index contributed by atoms with van der Waals surface area (Å²) in [7, 11) is 3.20. The van der Waals surface area contributed by atoms with Gasteiger partial charge in [-0.15, -0.1) is 0 Å². The summed E-state index contributed by atoms with van der Waals surface area (Å²) in [6, 6.07) is 3.75. The first kappa shape index (κ1) is 11.2. The van der Waals surface area contributed by atoms with Gasteiger partial charge in [-0.2, -0.15) is 0 Å². The highest BCUT2D eigenvalue weighted by Gasteiger charge is 2.57. The van der Waals surface area contributed by atoms with Gasteiger partial charge in [0.15, 0.2) is 5.79 Å². The standard InChI is InChI=1S/C12H15NO3/c1-15-12(16-2)7-11(8-12,9-14)10-4-3-5-13-6-10/h3-6,9H,7-8H2,1-2H3. The van der Waals surface area contributed by atoms with Crippen molar-refractivity contribution in [2.75, 3.05) is 14.2 Å². The molecule has 1 fully saturated rings. The first-order valence-electron chi connectivity index (χ1n) is 5.17. The molecule has 0 aliphatic heterocycles. The fourth-order valence-electron chi connectivity index (χ4n) is 2.29. The van der Waals surface area contributed by atoms with Crippen LogP contribution in [0, 0.1) is 0 Å². The van der Waals surface area contributed by atoms with E-state index >= 15 is 0 Å². The van der Waals surface area contributed by atoms with Crippen LogP contribution < -0.4 is 0 Å². The number of hydrogen-bond acceptors (Lipinski definition) is 4. The van der Waals surface area contributed by atoms with Crippen LogP contribution in [0.25, 0.3) is 0 Å². The van der Waals surface area contributed by atoms with Crippen molar-refractivity contribution in [1.82, 2.24) is 4.98 Å². The Kier molecular flexibility index (Phi) is 2.78. The van der Waals surface area contributed by atoms with Gasteiger partial charge in [-0.3, -0.25) is 4.98 Å². The van der Waals surface area contributed by atoms with Gasteiger partial charge in [0.1, 0.15) is 6.29 Å². The molecule has 1 aromatic rings. The lowest BCUT2D eigenvalue weighted by Crippen LogP contribution is -2.57. The normalized spacial score (nSPS) is 21.1. The highest BCUT2D eigenvalue weighted by molar-refractivity contribution is 5.71. The van der Waals surface area contributed by atoms with E-state index in [-0.39, 0.29) is 0 Å². The monoisotopic (exact) mass is 221 g/mol. The predicted molar refractivity (Wildman–Crippen MR) is 58.0 cm³/mol. The Hall–Kier alpha value is -1.26. The number of aromatic nitrogens is 1. The van der Waals surface area contributed by atoms with Crippen LogP contribution in [0.15, 0.2) is 24.5 Å². The summed E-state index contributed by atoms with van der Waals surface area (Å²) >= 11 is 0. The molecule has 0 atom stereocenters. The molecule has 1 aliphatic rings. The molecular formula is C12H15NO3. The van der Waals surface area contributed by atoms with Gasteiger partial charge in [-0.25, -0.2) is 0 Å². The summed E-state index contributed by atoms with van der Waals surface area (Å²) < 4.78 is 10.6. The van der Waals surface area contributed by atoms with Crippen LogP contribution in [0.3, 0.4) is 0 Å². The first-order chi connectivity index (χ1) is 7.70. The van der Waals surface area contributed by atoms with Crippen LogP contribution in [0.2, 0.25) is 0 Å². The zero-order valence-corrected chi connectivity index (χ0v) is 9.47. The first-order valence-corrected chi connectivity index (χ1v) is 5.17. The van der Waals surface area contributed by atoms with Gasteiger partial charge in [0.2, 0.25) is 0 Å². The Morgan fingerprint density at radius 2 is 2.06 bits per heavy atom. The highest BCUT2D eigenvalue weighted by Crippen LogP contribution is 2.50. The third kappa shape index (κ3) is 1.54. The summed E-state index contributed by atoms with van der Waals surface area (Å²) in [4.78, 5) is 15.3. The van der Waals surface area contributed by atoms with Crippen molar-refractivity contribution < 1.29 is 14.3 Å². The number of ether oxygens (including phenoxy) is 2. The van der Waals surface area contributed by atoms with Gasteiger partial charge in [-0.1, -0.05) is 6.07 Å². The summed E-state index contributed by atoms with van der Waals surface area (Å²) in [5.41, 5.74) is 0.426. The topological polar surface area (TPSA) is 48.4 Å². The van der Waals surface area contributed by atoms with Gasteiger partial charge < -0.3 is 14.3 Å². The average Bonchev–Trinajstić information content (AvgIpc) is 2.31. The Labute approximate surface area is 94.6 Å². The van der Waals surface area contributed by atoms with Gasteiger partial charge in [0.05, 0.1) is 5.41 Å². The summed E-state index contributed by atoms with van der Waals surface area (Å²) in [6.07, 6.45) is 5.48. The molecule has 0 radical (unpaired) electrons. The number of carbonyl (C=O) groups excluding carboxylic acids is 1. The van der Waals surface area contributed by atoms with Crippen molar-refractivity contribution in [3.63, 3.8) is 0 Å². The maximum absolute atomic E-state index is 11.3. The van der Waals surface area contributed by atoms with Crippen molar-refractivity contribution in [2.45, 2.75) is 24.0 Å². The second-order valence-corrected chi connectivity index (χ2v) is 4.19. The fourth-order valence-corrected chi connectivity index (χ4v) is 2.29. The van der Waals surface area contributed by atoms with Crippen molar-refractivity contribution in [2.24, 2.45) is 0 Å².